The van der Waals surface area contributed by atoms with E-state index in [-0.39, 0.29) is 11.9 Å². The van der Waals surface area contributed by atoms with Gasteiger partial charge in [0.15, 0.2) is 0 Å². The van der Waals surface area contributed by atoms with Crippen molar-refractivity contribution in [2.24, 2.45) is 0 Å². The fraction of sp³-hybridized carbons (Fsp3) is 0.400. The summed E-state index contributed by atoms with van der Waals surface area (Å²) in [5, 5.41) is 14.0. The van der Waals surface area contributed by atoms with Gasteiger partial charge >= 0.3 is 6.03 Å². The van der Waals surface area contributed by atoms with Crippen LogP contribution in [0.3, 0.4) is 0 Å². The molecule has 21 heavy (non-hydrogen) atoms. The highest BCUT2D eigenvalue weighted by atomic mass is 16.2. The molecule has 6 nitrogen and oxygen atoms in total. The fourth-order valence-electron chi connectivity index (χ4n) is 2.27. The molecule has 0 aromatic heterocycles. The number of benzene rings is 1. The van der Waals surface area contributed by atoms with Gasteiger partial charge in [0, 0.05) is 19.6 Å². The molecule has 1 heterocycles. The van der Waals surface area contributed by atoms with E-state index < -0.39 is 6.04 Å². The van der Waals surface area contributed by atoms with Gasteiger partial charge in [0.25, 0.3) is 0 Å². The first-order valence-electron chi connectivity index (χ1n) is 6.96. The van der Waals surface area contributed by atoms with Gasteiger partial charge in [0.05, 0.1) is 11.6 Å². The third-order valence-electron chi connectivity index (χ3n) is 3.33. The lowest BCUT2D eigenvalue weighted by Gasteiger charge is -2.25. The SMILES string of the molecule is CCCN(Cc1ccc(C#N)cc1)C(=O)[C@@H]1CNC(=O)N1. The zero-order chi connectivity index (χ0) is 15.2. The van der Waals surface area contributed by atoms with Gasteiger partial charge in [-0.25, -0.2) is 4.79 Å². The number of rotatable bonds is 5. The smallest absolute Gasteiger partial charge is 0.315 e. The van der Waals surface area contributed by atoms with E-state index in [0.29, 0.717) is 25.2 Å². The monoisotopic (exact) mass is 286 g/mol. The van der Waals surface area contributed by atoms with Crippen molar-refractivity contribution in [3.8, 4) is 6.07 Å². The summed E-state index contributed by atoms with van der Waals surface area (Å²) in [4.78, 5) is 25.3. The number of nitrogens with one attached hydrogen (secondary N) is 2. The predicted octanol–water partition coefficient (Wildman–Crippen LogP) is 0.978. The average Bonchev–Trinajstić information content (AvgIpc) is 2.93. The number of nitrogens with zero attached hydrogens (tertiary/aromatic N) is 2. The molecule has 0 bridgehead atoms. The zero-order valence-electron chi connectivity index (χ0n) is 11.9. The molecule has 1 aromatic carbocycles. The van der Waals surface area contributed by atoms with Crippen molar-refractivity contribution in [3.05, 3.63) is 35.4 Å². The minimum Gasteiger partial charge on any atom is -0.337 e. The Morgan fingerprint density at radius 2 is 2.14 bits per heavy atom. The molecule has 0 saturated carbocycles. The van der Waals surface area contributed by atoms with Crippen LogP contribution < -0.4 is 10.6 Å². The minimum atomic E-state index is -0.498. The van der Waals surface area contributed by atoms with Gasteiger partial charge in [0.1, 0.15) is 6.04 Å². The van der Waals surface area contributed by atoms with Crippen LogP contribution in [0.2, 0.25) is 0 Å². The van der Waals surface area contributed by atoms with Crippen LogP contribution in [0.5, 0.6) is 0 Å². The molecule has 110 valence electrons. The van der Waals surface area contributed by atoms with Crippen LogP contribution in [0, 0.1) is 11.3 Å². The van der Waals surface area contributed by atoms with Crippen molar-refractivity contribution in [2.45, 2.75) is 25.9 Å². The Labute approximate surface area is 123 Å². The lowest BCUT2D eigenvalue weighted by molar-refractivity contribution is -0.133. The molecule has 3 amide bonds. The summed E-state index contributed by atoms with van der Waals surface area (Å²) in [5.74, 6) is -0.0837. The van der Waals surface area contributed by atoms with Crippen LogP contribution in [0.15, 0.2) is 24.3 Å². The van der Waals surface area contributed by atoms with Gasteiger partial charge in [-0.3, -0.25) is 4.79 Å². The maximum atomic E-state index is 12.4. The summed E-state index contributed by atoms with van der Waals surface area (Å²) >= 11 is 0. The third-order valence-corrected chi connectivity index (χ3v) is 3.33. The maximum Gasteiger partial charge on any atom is 0.315 e. The Bertz CT molecular complexity index is 562. The molecule has 2 N–H and O–H groups in total. The van der Waals surface area contributed by atoms with E-state index in [9.17, 15) is 9.59 Å². The lowest BCUT2D eigenvalue weighted by atomic mass is 10.1. The molecular weight excluding hydrogens is 268 g/mol. The minimum absolute atomic E-state index is 0.0837. The van der Waals surface area contributed by atoms with Gasteiger partial charge in [-0.2, -0.15) is 5.26 Å². The van der Waals surface area contributed by atoms with Crippen molar-refractivity contribution < 1.29 is 9.59 Å². The summed E-state index contributed by atoms with van der Waals surface area (Å²) in [6, 6.07) is 8.44. The molecule has 0 aliphatic carbocycles. The zero-order valence-corrected chi connectivity index (χ0v) is 11.9. The third kappa shape index (κ3) is 3.72. The van der Waals surface area contributed by atoms with E-state index in [1.54, 1.807) is 17.0 Å². The average molecular weight is 286 g/mol. The first kappa shape index (κ1) is 14.9. The van der Waals surface area contributed by atoms with Crippen molar-refractivity contribution in [1.82, 2.24) is 15.5 Å². The Kier molecular flexibility index (Phi) is 4.77. The highest BCUT2D eigenvalue weighted by molar-refractivity contribution is 5.90. The van der Waals surface area contributed by atoms with Crippen molar-refractivity contribution in [3.63, 3.8) is 0 Å². The van der Waals surface area contributed by atoms with E-state index in [2.05, 4.69) is 16.7 Å². The summed E-state index contributed by atoms with van der Waals surface area (Å²) in [6.45, 7) is 3.44. The molecule has 2 rings (SSSR count). The lowest BCUT2D eigenvalue weighted by Crippen LogP contribution is -2.45. The highest BCUT2D eigenvalue weighted by Crippen LogP contribution is 2.10. The predicted molar refractivity (Wildman–Crippen MR) is 77.2 cm³/mol. The van der Waals surface area contributed by atoms with Crippen molar-refractivity contribution >= 4 is 11.9 Å². The number of nitriles is 1. The van der Waals surface area contributed by atoms with Gasteiger partial charge in [-0.1, -0.05) is 19.1 Å². The molecular formula is C15H18N4O2. The topological polar surface area (TPSA) is 85.2 Å². The van der Waals surface area contributed by atoms with Gasteiger partial charge in [-0.05, 0) is 24.1 Å². The van der Waals surface area contributed by atoms with Gasteiger partial charge in [-0.15, -0.1) is 0 Å². The summed E-state index contributed by atoms with van der Waals surface area (Å²) in [6.07, 6.45) is 0.843. The molecule has 1 atom stereocenters. The van der Waals surface area contributed by atoms with E-state index in [0.717, 1.165) is 12.0 Å². The van der Waals surface area contributed by atoms with Crippen LogP contribution in [0.1, 0.15) is 24.5 Å². The molecule has 1 fully saturated rings. The normalized spacial score (nSPS) is 16.8. The fourth-order valence-corrected chi connectivity index (χ4v) is 2.27. The number of hydrogen-bond donors (Lipinski definition) is 2. The van der Waals surface area contributed by atoms with Crippen LogP contribution in [-0.4, -0.2) is 36.0 Å². The Hall–Kier alpha value is -2.55. The summed E-state index contributed by atoms with van der Waals surface area (Å²) in [7, 11) is 0. The van der Waals surface area contributed by atoms with E-state index in [1.807, 2.05) is 19.1 Å². The molecule has 1 aliphatic heterocycles. The summed E-state index contributed by atoms with van der Waals surface area (Å²) < 4.78 is 0. The molecule has 0 unspecified atom stereocenters. The van der Waals surface area contributed by atoms with Crippen molar-refractivity contribution in [2.75, 3.05) is 13.1 Å². The maximum absolute atomic E-state index is 12.4. The second-order valence-corrected chi connectivity index (χ2v) is 4.98. The largest absolute Gasteiger partial charge is 0.337 e. The molecule has 1 saturated heterocycles. The number of hydrogen-bond acceptors (Lipinski definition) is 3. The van der Waals surface area contributed by atoms with Crippen LogP contribution in [0.25, 0.3) is 0 Å². The van der Waals surface area contributed by atoms with Gasteiger partial charge in [0.2, 0.25) is 5.91 Å². The molecule has 1 aliphatic rings. The van der Waals surface area contributed by atoms with Crippen LogP contribution >= 0.6 is 0 Å². The molecule has 0 spiro atoms. The standard InChI is InChI=1S/C15H18N4O2/c1-2-7-19(14(20)13-9-17-15(21)18-13)10-12-5-3-11(8-16)4-6-12/h3-6,13H,2,7,9-10H2,1H3,(H2,17,18,21)/t13-/m0/s1. The summed E-state index contributed by atoms with van der Waals surface area (Å²) in [5.41, 5.74) is 1.56. The Morgan fingerprint density at radius 3 is 2.67 bits per heavy atom. The van der Waals surface area contributed by atoms with Gasteiger partial charge < -0.3 is 15.5 Å². The quantitative estimate of drug-likeness (QED) is 0.846. The number of urea groups is 1. The number of amides is 3. The second-order valence-electron chi connectivity index (χ2n) is 4.98. The highest BCUT2D eigenvalue weighted by Gasteiger charge is 2.30. The Balaban J connectivity index is 2.05. The van der Waals surface area contributed by atoms with E-state index >= 15 is 0 Å². The Morgan fingerprint density at radius 1 is 1.43 bits per heavy atom. The van der Waals surface area contributed by atoms with Crippen LogP contribution in [-0.2, 0) is 11.3 Å². The molecule has 1 aromatic rings. The second kappa shape index (κ2) is 6.75. The van der Waals surface area contributed by atoms with Crippen LogP contribution in [0.4, 0.5) is 4.79 Å². The van der Waals surface area contributed by atoms with E-state index in [4.69, 9.17) is 5.26 Å². The number of carbonyl (C=O) groups excluding carboxylic acids is 2. The van der Waals surface area contributed by atoms with Crippen molar-refractivity contribution in [1.29, 1.82) is 5.26 Å². The molecule has 0 radical (unpaired) electrons. The first-order valence-corrected chi connectivity index (χ1v) is 6.96. The first-order chi connectivity index (χ1) is 10.1. The molecule has 6 heteroatoms. The number of carbonyl (C=O) groups is 2. The van der Waals surface area contributed by atoms with E-state index in [1.165, 1.54) is 0 Å².